The highest BCUT2D eigenvalue weighted by Crippen LogP contribution is 2.23. The van der Waals surface area contributed by atoms with Gasteiger partial charge in [-0.3, -0.25) is 15.0 Å². The minimum absolute atomic E-state index is 0.0337. The molecule has 0 aliphatic rings. The van der Waals surface area contributed by atoms with Gasteiger partial charge in [0.05, 0.1) is 12.0 Å². The number of aromatic amines is 1. The molecule has 2 heterocycles. The summed E-state index contributed by atoms with van der Waals surface area (Å²) in [6.45, 7) is 3.81. The van der Waals surface area contributed by atoms with E-state index < -0.39 is 36.1 Å². The fourth-order valence-electron chi connectivity index (χ4n) is 5.36. The van der Waals surface area contributed by atoms with Gasteiger partial charge in [-0.15, -0.1) is 0 Å². The minimum atomic E-state index is -1.33. The fraction of sp³-hybridized carbons (Fsp3) is 0.364. The van der Waals surface area contributed by atoms with Gasteiger partial charge in [-0.25, -0.2) is 9.78 Å². The first-order valence-corrected chi connectivity index (χ1v) is 15.8. The number of phenolic OH excluding ortho intramolecular Hbond substituents is 1. The SMILES string of the molecule is Cc1cc(O)cc(C)c1CC(NC(=O)C(CCCNC(=N)N)OC(N)=O)C(=O)N[C@@H](Cc1c[nH]cn1)c1nc(CCc2ccccc2)no1. The number of phenols is 1. The van der Waals surface area contributed by atoms with Gasteiger partial charge in [0.2, 0.25) is 11.8 Å². The molecular weight excluding hydrogens is 632 g/mol. The second-order valence-corrected chi connectivity index (χ2v) is 11.6. The highest BCUT2D eigenvalue weighted by atomic mass is 16.6. The Morgan fingerprint density at radius 2 is 1.78 bits per heavy atom. The molecule has 2 aromatic heterocycles. The van der Waals surface area contributed by atoms with Crippen molar-refractivity contribution in [2.75, 3.05) is 6.54 Å². The summed E-state index contributed by atoms with van der Waals surface area (Å²) in [7, 11) is 0. The Balaban J connectivity index is 1.58. The number of hydrogen-bond donors (Lipinski definition) is 8. The quantitative estimate of drug-likeness (QED) is 0.0454. The molecule has 3 amide bonds. The summed E-state index contributed by atoms with van der Waals surface area (Å²) in [6, 6.07) is 11.0. The molecule has 16 heteroatoms. The van der Waals surface area contributed by atoms with E-state index in [9.17, 15) is 19.5 Å². The number of amides is 3. The first-order valence-electron chi connectivity index (χ1n) is 15.8. The molecule has 2 aromatic carbocycles. The van der Waals surface area contributed by atoms with Crippen LogP contribution in [-0.4, -0.2) is 67.8 Å². The fourth-order valence-corrected chi connectivity index (χ4v) is 5.36. The van der Waals surface area contributed by atoms with E-state index in [1.165, 1.54) is 6.33 Å². The lowest BCUT2D eigenvalue weighted by molar-refractivity contribution is -0.134. The van der Waals surface area contributed by atoms with E-state index in [0.717, 1.165) is 11.1 Å². The van der Waals surface area contributed by atoms with Crippen LogP contribution in [0.2, 0.25) is 0 Å². The third-order valence-electron chi connectivity index (χ3n) is 7.78. The number of primary amides is 1. The van der Waals surface area contributed by atoms with Crippen LogP contribution < -0.4 is 27.4 Å². The smallest absolute Gasteiger partial charge is 0.405 e. The molecule has 0 saturated heterocycles. The summed E-state index contributed by atoms with van der Waals surface area (Å²) in [5.74, 6) is -0.888. The number of nitrogens with one attached hydrogen (secondary N) is 5. The average Bonchev–Trinajstić information content (AvgIpc) is 3.75. The zero-order valence-corrected chi connectivity index (χ0v) is 27.4. The van der Waals surface area contributed by atoms with Gasteiger partial charge in [0.1, 0.15) is 17.8 Å². The largest absolute Gasteiger partial charge is 0.508 e. The molecule has 0 aliphatic carbocycles. The Kier molecular flexibility index (Phi) is 12.7. The van der Waals surface area contributed by atoms with Crippen LogP contribution in [0, 0.1) is 19.3 Å². The van der Waals surface area contributed by atoms with Crippen molar-refractivity contribution in [3.63, 3.8) is 0 Å². The Labute approximate surface area is 282 Å². The zero-order valence-electron chi connectivity index (χ0n) is 27.4. The molecule has 4 aromatic rings. The molecule has 0 radical (unpaired) electrons. The van der Waals surface area contributed by atoms with Crippen LogP contribution in [0.4, 0.5) is 4.79 Å². The number of aromatic nitrogens is 4. The molecule has 49 heavy (non-hydrogen) atoms. The maximum atomic E-state index is 14.1. The number of hydrogen-bond acceptors (Lipinski definition) is 10. The lowest BCUT2D eigenvalue weighted by Gasteiger charge is -2.25. The van der Waals surface area contributed by atoms with E-state index in [1.54, 1.807) is 32.2 Å². The summed E-state index contributed by atoms with van der Waals surface area (Å²) in [6.07, 6.45) is 2.47. The van der Waals surface area contributed by atoms with Gasteiger partial charge >= 0.3 is 6.09 Å². The summed E-state index contributed by atoms with van der Waals surface area (Å²) in [5.41, 5.74) is 14.5. The summed E-state index contributed by atoms with van der Waals surface area (Å²) >= 11 is 0. The van der Waals surface area contributed by atoms with Crippen molar-refractivity contribution in [1.82, 2.24) is 36.1 Å². The molecule has 0 bridgehead atoms. The predicted octanol–water partition coefficient (Wildman–Crippen LogP) is 1.76. The monoisotopic (exact) mass is 674 g/mol. The van der Waals surface area contributed by atoms with Crippen molar-refractivity contribution in [1.29, 1.82) is 5.41 Å². The molecule has 0 aliphatic heterocycles. The Morgan fingerprint density at radius 3 is 2.43 bits per heavy atom. The second-order valence-electron chi connectivity index (χ2n) is 11.6. The van der Waals surface area contributed by atoms with Gasteiger partial charge in [0, 0.05) is 32.0 Å². The van der Waals surface area contributed by atoms with Gasteiger partial charge in [-0.2, -0.15) is 4.98 Å². The third-order valence-corrected chi connectivity index (χ3v) is 7.78. The van der Waals surface area contributed by atoms with Crippen molar-refractivity contribution in [3.05, 3.63) is 94.7 Å². The summed E-state index contributed by atoms with van der Waals surface area (Å²) in [5, 5.41) is 29.8. The first-order chi connectivity index (χ1) is 23.5. The summed E-state index contributed by atoms with van der Waals surface area (Å²) < 4.78 is 10.7. The van der Waals surface area contributed by atoms with E-state index in [-0.39, 0.29) is 43.4 Å². The molecule has 0 spiro atoms. The maximum absolute atomic E-state index is 14.1. The molecule has 0 fully saturated rings. The Hall–Kier alpha value is -5.93. The van der Waals surface area contributed by atoms with Crippen LogP contribution in [0.25, 0.3) is 0 Å². The van der Waals surface area contributed by atoms with Crippen molar-refractivity contribution in [2.45, 2.75) is 70.6 Å². The van der Waals surface area contributed by atoms with Crippen LogP contribution in [0.15, 0.2) is 59.5 Å². The van der Waals surface area contributed by atoms with Gasteiger partial charge in [-0.1, -0.05) is 35.5 Å². The number of aryl methyl sites for hydroxylation is 4. The van der Waals surface area contributed by atoms with E-state index in [1.807, 2.05) is 30.3 Å². The second kappa shape index (κ2) is 17.3. The highest BCUT2D eigenvalue weighted by Gasteiger charge is 2.31. The van der Waals surface area contributed by atoms with Gasteiger partial charge < -0.3 is 46.8 Å². The number of aromatic hydroxyl groups is 1. The van der Waals surface area contributed by atoms with Gasteiger partial charge in [0.15, 0.2) is 17.9 Å². The van der Waals surface area contributed by atoms with E-state index in [0.29, 0.717) is 41.9 Å². The first kappa shape index (κ1) is 35.9. The molecule has 16 nitrogen and oxygen atoms in total. The topological polar surface area (TPSA) is 260 Å². The normalized spacial score (nSPS) is 12.8. The van der Waals surface area contributed by atoms with E-state index >= 15 is 0 Å². The van der Waals surface area contributed by atoms with Crippen molar-refractivity contribution in [3.8, 4) is 5.75 Å². The molecule has 10 N–H and O–H groups in total. The molecular formula is C33H42N10O6. The molecule has 3 atom stereocenters. The number of H-pyrrole nitrogens is 1. The van der Waals surface area contributed by atoms with Crippen LogP contribution in [0.5, 0.6) is 5.75 Å². The molecule has 2 unspecified atom stereocenters. The van der Waals surface area contributed by atoms with Gasteiger partial charge in [0.25, 0.3) is 5.91 Å². The van der Waals surface area contributed by atoms with Crippen molar-refractivity contribution < 1.29 is 28.8 Å². The summed E-state index contributed by atoms with van der Waals surface area (Å²) in [4.78, 5) is 51.1. The van der Waals surface area contributed by atoms with Crippen LogP contribution >= 0.6 is 0 Å². The number of ether oxygens (including phenoxy) is 1. The average molecular weight is 675 g/mol. The predicted molar refractivity (Wildman–Crippen MR) is 178 cm³/mol. The Bertz CT molecular complexity index is 1690. The Morgan fingerprint density at radius 1 is 1.04 bits per heavy atom. The standard InChI is InChI=1S/C33H42N10O6/c1-19-13-23(44)14-20(2)24(19)16-25(40-30(46)27(48-33(36)47)9-6-12-38-32(34)35)29(45)41-26(15-22-17-37-18-39-22)31-42-28(43-49-31)11-10-21-7-4-3-5-8-21/h3-5,7-8,13-14,17-18,25-27,44H,6,9-12,15-16H2,1-2H3,(H2,36,47)(H,37,39)(H,40,46)(H,41,45)(H4,34,35,38)/t25?,26-,27?/m0/s1. The number of benzene rings is 2. The highest BCUT2D eigenvalue weighted by molar-refractivity contribution is 5.90. The van der Waals surface area contributed by atoms with Gasteiger partial charge in [-0.05, 0) is 67.5 Å². The molecule has 260 valence electrons. The number of carbonyl (C=O) groups is 3. The minimum Gasteiger partial charge on any atom is -0.508 e. The number of carbonyl (C=O) groups excluding carboxylic acids is 3. The number of imidazole rings is 1. The lowest BCUT2D eigenvalue weighted by Crippen LogP contribution is -2.52. The van der Waals surface area contributed by atoms with Crippen molar-refractivity contribution in [2.24, 2.45) is 11.5 Å². The maximum Gasteiger partial charge on any atom is 0.405 e. The van der Waals surface area contributed by atoms with Crippen LogP contribution in [0.3, 0.4) is 0 Å². The number of rotatable bonds is 17. The van der Waals surface area contributed by atoms with E-state index in [2.05, 4.69) is 36.1 Å². The third kappa shape index (κ3) is 11.1. The number of guanidine groups is 1. The van der Waals surface area contributed by atoms with Crippen LogP contribution in [0.1, 0.15) is 58.5 Å². The molecule has 0 saturated carbocycles. The van der Waals surface area contributed by atoms with Crippen molar-refractivity contribution >= 4 is 23.9 Å². The number of nitrogens with two attached hydrogens (primary N) is 2. The number of nitrogens with zero attached hydrogens (tertiary/aromatic N) is 3. The van der Waals surface area contributed by atoms with Crippen LogP contribution in [-0.2, 0) is 40.0 Å². The van der Waals surface area contributed by atoms with E-state index in [4.69, 9.17) is 26.1 Å². The lowest BCUT2D eigenvalue weighted by atomic mass is 9.95. The molecule has 4 rings (SSSR count). The zero-order chi connectivity index (χ0) is 35.3.